The lowest BCUT2D eigenvalue weighted by atomic mass is 10.1. The summed E-state index contributed by atoms with van der Waals surface area (Å²) in [5, 5.41) is 11.3. The van der Waals surface area contributed by atoms with Gasteiger partial charge in [-0.15, -0.1) is 11.3 Å². The van der Waals surface area contributed by atoms with Crippen molar-refractivity contribution in [3.63, 3.8) is 0 Å². The van der Waals surface area contributed by atoms with Crippen LogP contribution in [0.4, 0.5) is 0 Å². The van der Waals surface area contributed by atoms with Crippen molar-refractivity contribution in [2.24, 2.45) is 0 Å². The molecule has 0 atom stereocenters. The number of nitriles is 1. The average molecular weight is 364 g/mol. The van der Waals surface area contributed by atoms with Crippen LogP contribution in [0.3, 0.4) is 0 Å². The minimum absolute atomic E-state index is 0.544. The highest BCUT2D eigenvalue weighted by molar-refractivity contribution is 7.07. The number of thiazole rings is 1. The van der Waals surface area contributed by atoms with Gasteiger partial charge in [0, 0.05) is 10.9 Å². The van der Waals surface area contributed by atoms with Crippen LogP contribution in [0, 0.1) is 11.3 Å². The van der Waals surface area contributed by atoms with Crippen molar-refractivity contribution in [2.75, 3.05) is 13.2 Å². The molecule has 1 heterocycles. The van der Waals surface area contributed by atoms with Crippen LogP contribution < -0.4 is 9.47 Å². The standard InChI is InChI=1S/C21H20N2O2S/c22-14-17-8-7-11-19(20-15-26-16-23-20)21(17)25-13-6-2-5-12-24-18-9-3-1-4-10-18/h1,3-4,7-11,15-16H,2,5-6,12-13H2. The molecular weight excluding hydrogens is 344 g/mol. The fourth-order valence-electron chi connectivity index (χ4n) is 2.59. The molecule has 3 aromatic rings. The van der Waals surface area contributed by atoms with Gasteiger partial charge in [-0.1, -0.05) is 24.3 Å². The molecule has 0 N–H and O–H groups in total. The second-order valence-electron chi connectivity index (χ2n) is 5.74. The first kappa shape index (κ1) is 18.0. The van der Waals surface area contributed by atoms with E-state index in [0.29, 0.717) is 24.5 Å². The maximum Gasteiger partial charge on any atom is 0.146 e. The number of benzene rings is 2. The summed E-state index contributed by atoms with van der Waals surface area (Å²) in [6.07, 6.45) is 2.89. The fraction of sp³-hybridized carbons (Fsp3) is 0.238. The van der Waals surface area contributed by atoms with E-state index in [2.05, 4.69) is 11.1 Å². The summed E-state index contributed by atoms with van der Waals surface area (Å²) in [5.41, 5.74) is 4.05. The summed E-state index contributed by atoms with van der Waals surface area (Å²) in [6.45, 7) is 1.27. The van der Waals surface area contributed by atoms with Gasteiger partial charge >= 0.3 is 0 Å². The molecule has 0 saturated heterocycles. The van der Waals surface area contributed by atoms with Crippen LogP contribution in [0.15, 0.2) is 59.4 Å². The zero-order valence-corrected chi connectivity index (χ0v) is 15.2. The molecule has 0 fully saturated rings. The number of unbranched alkanes of at least 4 members (excludes halogenated alkanes) is 2. The number of ether oxygens (including phenoxy) is 2. The number of para-hydroxylation sites is 2. The number of hydrogen-bond donors (Lipinski definition) is 0. The average Bonchev–Trinajstić information content (AvgIpc) is 3.22. The number of aromatic nitrogens is 1. The van der Waals surface area contributed by atoms with Crippen molar-refractivity contribution in [3.8, 4) is 28.8 Å². The van der Waals surface area contributed by atoms with E-state index in [-0.39, 0.29) is 0 Å². The Labute approximate surface area is 157 Å². The summed E-state index contributed by atoms with van der Waals surface area (Å²) >= 11 is 1.53. The predicted molar refractivity (Wildman–Crippen MR) is 104 cm³/mol. The van der Waals surface area contributed by atoms with Gasteiger partial charge in [0.2, 0.25) is 0 Å². The van der Waals surface area contributed by atoms with Crippen molar-refractivity contribution in [1.29, 1.82) is 5.26 Å². The van der Waals surface area contributed by atoms with Gasteiger partial charge in [-0.2, -0.15) is 5.26 Å². The van der Waals surface area contributed by atoms with Crippen molar-refractivity contribution >= 4 is 11.3 Å². The molecule has 0 saturated carbocycles. The topological polar surface area (TPSA) is 55.1 Å². The van der Waals surface area contributed by atoms with Crippen molar-refractivity contribution in [2.45, 2.75) is 19.3 Å². The first-order chi connectivity index (χ1) is 12.9. The molecule has 1 aromatic heterocycles. The van der Waals surface area contributed by atoms with Gasteiger partial charge in [-0.3, -0.25) is 0 Å². The molecule has 0 aliphatic rings. The molecule has 4 nitrogen and oxygen atoms in total. The van der Waals surface area contributed by atoms with Gasteiger partial charge in [-0.05, 0) is 43.5 Å². The van der Waals surface area contributed by atoms with E-state index in [0.717, 1.165) is 36.3 Å². The van der Waals surface area contributed by atoms with Crippen molar-refractivity contribution in [3.05, 3.63) is 65.0 Å². The number of nitrogens with zero attached hydrogens (tertiary/aromatic N) is 2. The van der Waals surface area contributed by atoms with E-state index in [1.165, 1.54) is 11.3 Å². The molecule has 0 spiro atoms. The first-order valence-electron chi connectivity index (χ1n) is 8.61. The van der Waals surface area contributed by atoms with Crippen LogP contribution in [-0.2, 0) is 0 Å². The van der Waals surface area contributed by atoms with Gasteiger partial charge in [0.1, 0.15) is 17.6 Å². The minimum atomic E-state index is 0.544. The summed E-state index contributed by atoms with van der Waals surface area (Å²) < 4.78 is 11.6. The Hall–Kier alpha value is -2.84. The second-order valence-corrected chi connectivity index (χ2v) is 6.46. The lowest BCUT2D eigenvalue weighted by Crippen LogP contribution is -2.03. The maximum atomic E-state index is 9.36. The Morgan fingerprint density at radius 3 is 2.46 bits per heavy atom. The number of rotatable bonds is 9. The Morgan fingerprint density at radius 2 is 1.73 bits per heavy atom. The van der Waals surface area contributed by atoms with Gasteiger partial charge in [0.05, 0.1) is 30.0 Å². The lowest BCUT2D eigenvalue weighted by Gasteiger charge is -2.12. The monoisotopic (exact) mass is 364 g/mol. The largest absolute Gasteiger partial charge is 0.494 e. The van der Waals surface area contributed by atoms with E-state index in [4.69, 9.17) is 9.47 Å². The predicted octanol–water partition coefficient (Wildman–Crippen LogP) is 5.31. The van der Waals surface area contributed by atoms with E-state index in [1.807, 2.05) is 47.8 Å². The first-order valence-corrected chi connectivity index (χ1v) is 9.55. The summed E-state index contributed by atoms with van der Waals surface area (Å²) in [6, 6.07) is 17.6. The molecule has 0 bridgehead atoms. The molecule has 5 heteroatoms. The SMILES string of the molecule is N#Cc1cccc(-c2cscn2)c1OCCCCCOc1ccccc1. The molecule has 2 aromatic carbocycles. The van der Waals surface area contributed by atoms with Crippen molar-refractivity contribution < 1.29 is 9.47 Å². The zero-order valence-electron chi connectivity index (χ0n) is 14.4. The summed E-state index contributed by atoms with van der Waals surface area (Å²) in [4.78, 5) is 4.33. The van der Waals surface area contributed by atoms with Crippen LogP contribution in [0.25, 0.3) is 11.3 Å². The molecule has 0 aliphatic carbocycles. The third kappa shape index (κ3) is 4.84. The molecule has 0 unspecified atom stereocenters. The third-order valence-electron chi connectivity index (χ3n) is 3.89. The van der Waals surface area contributed by atoms with Crippen LogP contribution in [0.5, 0.6) is 11.5 Å². The minimum Gasteiger partial charge on any atom is -0.494 e. The van der Waals surface area contributed by atoms with E-state index in [1.54, 1.807) is 11.6 Å². The Balaban J connectivity index is 1.47. The molecule has 0 aliphatic heterocycles. The van der Waals surface area contributed by atoms with Crippen LogP contribution >= 0.6 is 11.3 Å². The van der Waals surface area contributed by atoms with Crippen LogP contribution in [0.1, 0.15) is 24.8 Å². The smallest absolute Gasteiger partial charge is 0.146 e. The molecule has 0 radical (unpaired) electrons. The molecule has 26 heavy (non-hydrogen) atoms. The normalized spacial score (nSPS) is 10.3. The van der Waals surface area contributed by atoms with Gasteiger partial charge < -0.3 is 9.47 Å². The fourth-order valence-corrected chi connectivity index (χ4v) is 3.14. The quantitative estimate of drug-likeness (QED) is 0.483. The summed E-state index contributed by atoms with van der Waals surface area (Å²) in [7, 11) is 0. The molecular formula is C21H20N2O2S. The zero-order chi connectivity index (χ0) is 18.0. The Bertz CT molecular complexity index is 842. The highest BCUT2D eigenvalue weighted by Gasteiger charge is 2.12. The highest BCUT2D eigenvalue weighted by atomic mass is 32.1. The second kappa shape index (κ2) is 9.59. The van der Waals surface area contributed by atoms with E-state index >= 15 is 0 Å². The molecule has 0 amide bonds. The van der Waals surface area contributed by atoms with Gasteiger partial charge in [0.15, 0.2) is 0 Å². The summed E-state index contributed by atoms with van der Waals surface area (Å²) in [5.74, 6) is 1.53. The van der Waals surface area contributed by atoms with Crippen LogP contribution in [0.2, 0.25) is 0 Å². The highest BCUT2D eigenvalue weighted by Crippen LogP contribution is 2.32. The Morgan fingerprint density at radius 1 is 0.923 bits per heavy atom. The number of hydrogen-bond acceptors (Lipinski definition) is 5. The molecule has 132 valence electrons. The molecule has 3 rings (SSSR count). The third-order valence-corrected chi connectivity index (χ3v) is 4.48. The van der Waals surface area contributed by atoms with Crippen LogP contribution in [-0.4, -0.2) is 18.2 Å². The maximum absolute atomic E-state index is 9.36. The van der Waals surface area contributed by atoms with E-state index < -0.39 is 0 Å². The van der Waals surface area contributed by atoms with E-state index in [9.17, 15) is 5.26 Å². The lowest BCUT2D eigenvalue weighted by molar-refractivity contribution is 0.279. The van der Waals surface area contributed by atoms with Gasteiger partial charge in [-0.25, -0.2) is 4.98 Å². The van der Waals surface area contributed by atoms with Crippen molar-refractivity contribution in [1.82, 2.24) is 4.98 Å². The Kier molecular flexibility index (Phi) is 6.63. The van der Waals surface area contributed by atoms with Gasteiger partial charge in [0.25, 0.3) is 0 Å².